The van der Waals surface area contributed by atoms with Gasteiger partial charge in [0.2, 0.25) is 0 Å². The number of alkyl halides is 1. The average Bonchev–Trinajstić information content (AvgIpc) is 2.40. The van der Waals surface area contributed by atoms with E-state index in [0.29, 0.717) is 6.42 Å². The molecule has 0 aliphatic heterocycles. The van der Waals surface area contributed by atoms with E-state index in [4.69, 9.17) is 11.6 Å². The van der Waals surface area contributed by atoms with Gasteiger partial charge >= 0.3 is 0 Å². The molecule has 0 aliphatic carbocycles. The van der Waals surface area contributed by atoms with Gasteiger partial charge in [-0.3, -0.25) is 0 Å². The number of aliphatic hydroxyl groups excluding tert-OH is 1. The average molecular weight is 247 g/mol. The van der Waals surface area contributed by atoms with E-state index >= 15 is 0 Å². The lowest BCUT2D eigenvalue weighted by atomic mass is 10.0. The number of rotatable bonds is 4. The minimum atomic E-state index is -0.627. The van der Waals surface area contributed by atoms with Crippen molar-refractivity contribution in [3.63, 3.8) is 0 Å². The maximum Gasteiger partial charge on any atom is 0.0956 e. The molecule has 0 spiro atoms. The Balaban J connectivity index is 2.03. The molecule has 2 aromatic carbocycles. The highest BCUT2D eigenvalue weighted by Crippen LogP contribution is 2.23. The fourth-order valence-corrected chi connectivity index (χ4v) is 2.13. The predicted molar refractivity (Wildman–Crippen MR) is 71.2 cm³/mol. The van der Waals surface area contributed by atoms with Crippen molar-refractivity contribution < 1.29 is 5.11 Å². The minimum absolute atomic E-state index is 0.306. The second-order valence-electron chi connectivity index (χ2n) is 4.06. The molecular weight excluding hydrogens is 232 g/mol. The summed E-state index contributed by atoms with van der Waals surface area (Å²) in [7, 11) is 0. The van der Waals surface area contributed by atoms with E-state index in [0.717, 1.165) is 11.1 Å². The van der Waals surface area contributed by atoms with Gasteiger partial charge < -0.3 is 5.11 Å². The van der Waals surface area contributed by atoms with Crippen LogP contribution in [0.3, 0.4) is 0 Å². The highest BCUT2D eigenvalue weighted by molar-refractivity contribution is 6.21. The Labute approximate surface area is 107 Å². The van der Waals surface area contributed by atoms with E-state index in [9.17, 15) is 5.11 Å². The van der Waals surface area contributed by atoms with Crippen molar-refractivity contribution in [3.8, 4) is 0 Å². The van der Waals surface area contributed by atoms with Gasteiger partial charge in [-0.05, 0) is 17.5 Å². The van der Waals surface area contributed by atoms with Crippen LogP contribution in [0.1, 0.15) is 17.2 Å². The standard InChI is InChI=1S/C15H15ClO/c16-14(11-12-7-3-1-4-8-12)15(17)13-9-5-2-6-10-13/h1-10,14-15,17H,11H2/t14-,15+/m1/s1. The molecule has 17 heavy (non-hydrogen) atoms. The molecule has 88 valence electrons. The van der Waals surface area contributed by atoms with Crippen molar-refractivity contribution >= 4 is 11.6 Å². The summed E-state index contributed by atoms with van der Waals surface area (Å²) in [5.41, 5.74) is 2.01. The number of benzene rings is 2. The summed E-state index contributed by atoms with van der Waals surface area (Å²) in [6.45, 7) is 0. The molecule has 2 rings (SSSR count). The SMILES string of the molecule is O[C@@H](c1ccccc1)[C@H](Cl)Cc1ccccc1. The lowest BCUT2D eigenvalue weighted by Gasteiger charge is -2.17. The normalized spacial score (nSPS) is 14.2. The van der Waals surface area contributed by atoms with E-state index in [1.807, 2.05) is 60.7 Å². The van der Waals surface area contributed by atoms with Crippen LogP contribution in [0, 0.1) is 0 Å². The Kier molecular flexibility index (Phi) is 4.18. The summed E-state index contributed by atoms with van der Waals surface area (Å²) in [6.07, 6.45) is 0.0384. The van der Waals surface area contributed by atoms with Crippen LogP contribution in [0.25, 0.3) is 0 Å². The molecule has 0 bridgehead atoms. The molecular formula is C15H15ClO. The van der Waals surface area contributed by atoms with Gasteiger partial charge in [0.25, 0.3) is 0 Å². The summed E-state index contributed by atoms with van der Waals surface area (Å²) >= 11 is 6.25. The Bertz CT molecular complexity index is 441. The molecule has 0 radical (unpaired) electrons. The molecule has 0 unspecified atom stereocenters. The van der Waals surface area contributed by atoms with Crippen LogP contribution in [0.5, 0.6) is 0 Å². The largest absolute Gasteiger partial charge is 0.387 e. The first kappa shape index (κ1) is 12.2. The lowest BCUT2D eigenvalue weighted by Crippen LogP contribution is -2.15. The summed E-state index contributed by atoms with van der Waals surface area (Å²) in [6, 6.07) is 19.5. The topological polar surface area (TPSA) is 20.2 Å². The summed E-state index contributed by atoms with van der Waals surface area (Å²) in [5.74, 6) is 0. The van der Waals surface area contributed by atoms with Gasteiger partial charge in [-0.15, -0.1) is 11.6 Å². The van der Waals surface area contributed by atoms with Crippen LogP contribution in [0.15, 0.2) is 60.7 Å². The first-order valence-corrected chi connectivity index (χ1v) is 6.12. The van der Waals surface area contributed by atoms with Crippen LogP contribution in [-0.4, -0.2) is 10.5 Å². The summed E-state index contributed by atoms with van der Waals surface area (Å²) < 4.78 is 0. The first-order valence-electron chi connectivity index (χ1n) is 5.68. The van der Waals surface area contributed by atoms with Gasteiger partial charge in [0.05, 0.1) is 11.5 Å². The maximum atomic E-state index is 10.1. The van der Waals surface area contributed by atoms with Crippen molar-refractivity contribution in [2.24, 2.45) is 0 Å². The van der Waals surface area contributed by atoms with Crippen LogP contribution in [0.2, 0.25) is 0 Å². The number of hydrogen-bond acceptors (Lipinski definition) is 1. The van der Waals surface area contributed by atoms with Crippen molar-refractivity contribution in [3.05, 3.63) is 71.8 Å². The Morgan fingerprint density at radius 1 is 0.882 bits per heavy atom. The number of halogens is 1. The lowest BCUT2D eigenvalue weighted by molar-refractivity contribution is 0.172. The Morgan fingerprint density at radius 2 is 1.41 bits per heavy atom. The molecule has 0 aliphatic rings. The third kappa shape index (κ3) is 3.32. The van der Waals surface area contributed by atoms with Gasteiger partial charge in [-0.1, -0.05) is 60.7 Å². The monoisotopic (exact) mass is 246 g/mol. The molecule has 0 aromatic heterocycles. The van der Waals surface area contributed by atoms with Gasteiger partial charge in [0, 0.05) is 0 Å². The molecule has 0 saturated carbocycles. The van der Waals surface area contributed by atoms with Gasteiger partial charge in [-0.2, -0.15) is 0 Å². The van der Waals surface area contributed by atoms with Crippen molar-refractivity contribution in [2.75, 3.05) is 0 Å². The zero-order valence-corrected chi connectivity index (χ0v) is 10.2. The van der Waals surface area contributed by atoms with E-state index in [1.54, 1.807) is 0 Å². The molecule has 0 heterocycles. The molecule has 2 aromatic rings. The Morgan fingerprint density at radius 3 is 2.00 bits per heavy atom. The highest BCUT2D eigenvalue weighted by atomic mass is 35.5. The van der Waals surface area contributed by atoms with E-state index in [1.165, 1.54) is 0 Å². The summed E-state index contributed by atoms with van der Waals surface area (Å²) in [5, 5.41) is 9.81. The molecule has 2 heteroatoms. The molecule has 1 nitrogen and oxygen atoms in total. The van der Waals surface area contributed by atoms with Crippen LogP contribution >= 0.6 is 11.6 Å². The third-order valence-electron chi connectivity index (χ3n) is 2.76. The van der Waals surface area contributed by atoms with Crippen molar-refractivity contribution in [1.29, 1.82) is 0 Å². The second kappa shape index (κ2) is 5.85. The highest BCUT2D eigenvalue weighted by Gasteiger charge is 2.18. The minimum Gasteiger partial charge on any atom is -0.387 e. The molecule has 0 amide bonds. The second-order valence-corrected chi connectivity index (χ2v) is 4.62. The van der Waals surface area contributed by atoms with Gasteiger partial charge in [-0.25, -0.2) is 0 Å². The smallest absolute Gasteiger partial charge is 0.0956 e. The number of aliphatic hydroxyl groups is 1. The van der Waals surface area contributed by atoms with E-state index < -0.39 is 6.10 Å². The maximum absolute atomic E-state index is 10.1. The zero-order chi connectivity index (χ0) is 12.1. The quantitative estimate of drug-likeness (QED) is 0.818. The summed E-state index contributed by atoms with van der Waals surface area (Å²) in [4.78, 5) is 0. The van der Waals surface area contributed by atoms with Gasteiger partial charge in [0.1, 0.15) is 0 Å². The van der Waals surface area contributed by atoms with E-state index in [2.05, 4.69) is 0 Å². The fraction of sp³-hybridized carbons (Fsp3) is 0.200. The molecule has 0 saturated heterocycles. The van der Waals surface area contributed by atoms with Gasteiger partial charge in [0.15, 0.2) is 0 Å². The van der Waals surface area contributed by atoms with Crippen LogP contribution in [0.4, 0.5) is 0 Å². The molecule has 0 fully saturated rings. The van der Waals surface area contributed by atoms with Crippen LogP contribution < -0.4 is 0 Å². The van der Waals surface area contributed by atoms with Crippen molar-refractivity contribution in [2.45, 2.75) is 17.9 Å². The third-order valence-corrected chi connectivity index (χ3v) is 3.15. The fourth-order valence-electron chi connectivity index (χ4n) is 1.81. The predicted octanol–water partition coefficient (Wildman–Crippen LogP) is 3.57. The van der Waals surface area contributed by atoms with E-state index in [-0.39, 0.29) is 5.38 Å². The Hall–Kier alpha value is -1.31. The molecule has 1 N–H and O–H groups in total. The molecule has 2 atom stereocenters. The first-order chi connectivity index (χ1) is 8.27. The number of hydrogen-bond donors (Lipinski definition) is 1. The van der Waals surface area contributed by atoms with Crippen LogP contribution in [-0.2, 0) is 6.42 Å². The van der Waals surface area contributed by atoms with Crippen molar-refractivity contribution in [1.82, 2.24) is 0 Å². The zero-order valence-electron chi connectivity index (χ0n) is 9.46.